The molecule has 0 N–H and O–H groups in total. The summed E-state index contributed by atoms with van der Waals surface area (Å²) in [6.45, 7) is 6.73. The fourth-order valence-electron chi connectivity index (χ4n) is 2.19. The van der Waals surface area contributed by atoms with Gasteiger partial charge in [0.05, 0.1) is 13.2 Å². The van der Waals surface area contributed by atoms with Gasteiger partial charge in [-0.15, -0.1) is 0 Å². The van der Waals surface area contributed by atoms with Crippen LogP contribution in [0.25, 0.3) is 0 Å². The maximum Gasteiger partial charge on any atom is 0.126 e. The fraction of sp³-hybridized carbons (Fsp3) is 0.571. The maximum atomic E-state index is 13.1. The molecule has 0 radical (unpaired) electrons. The van der Waals surface area contributed by atoms with Gasteiger partial charge in [0.15, 0.2) is 0 Å². The molecule has 2 rings (SSSR count). The zero-order valence-electron chi connectivity index (χ0n) is 10.4. The van der Waals surface area contributed by atoms with E-state index in [1.54, 1.807) is 6.07 Å². The van der Waals surface area contributed by atoms with Crippen molar-refractivity contribution in [2.24, 2.45) is 0 Å². The minimum absolute atomic E-state index is 0.109. The third kappa shape index (κ3) is 3.79. The van der Waals surface area contributed by atoms with Gasteiger partial charge in [0.25, 0.3) is 0 Å². The summed E-state index contributed by atoms with van der Waals surface area (Å²) in [5.74, 6) is -0.109. The van der Waals surface area contributed by atoms with Crippen LogP contribution >= 0.6 is 0 Å². The van der Waals surface area contributed by atoms with E-state index in [-0.39, 0.29) is 5.82 Å². The van der Waals surface area contributed by atoms with Crippen LogP contribution in [0.15, 0.2) is 18.2 Å². The first-order valence-electron chi connectivity index (χ1n) is 6.31. The number of hydrogen-bond acceptors (Lipinski definition) is 2. The van der Waals surface area contributed by atoms with Gasteiger partial charge in [-0.2, -0.15) is 0 Å². The van der Waals surface area contributed by atoms with E-state index in [0.29, 0.717) is 0 Å². The molecule has 0 spiro atoms. The second-order valence-corrected chi connectivity index (χ2v) is 4.64. The lowest BCUT2D eigenvalue weighted by molar-refractivity contribution is 0.0374. The number of rotatable bonds is 4. The normalized spacial score (nSPS) is 17.3. The number of benzene rings is 1. The van der Waals surface area contributed by atoms with E-state index < -0.39 is 0 Å². The highest BCUT2D eigenvalue weighted by Crippen LogP contribution is 2.11. The van der Waals surface area contributed by atoms with Gasteiger partial charge in [0.2, 0.25) is 0 Å². The quantitative estimate of drug-likeness (QED) is 0.797. The fourth-order valence-corrected chi connectivity index (χ4v) is 2.19. The maximum absolute atomic E-state index is 13.1. The van der Waals surface area contributed by atoms with Crippen LogP contribution in [0.2, 0.25) is 0 Å². The van der Waals surface area contributed by atoms with E-state index in [0.717, 1.165) is 51.3 Å². The summed E-state index contributed by atoms with van der Waals surface area (Å²) in [4.78, 5) is 2.43. The Labute approximate surface area is 102 Å². The lowest BCUT2D eigenvalue weighted by atomic mass is 10.1. The van der Waals surface area contributed by atoms with Gasteiger partial charge in [-0.3, -0.25) is 4.90 Å². The Morgan fingerprint density at radius 1 is 1.29 bits per heavy atom. The zero-order chi connectivity index (χ0) is 12.1. The number of halogens is 1. The predicted molar refractivity (Wildman–Crippen MR) is 66.7 cm³/mol. The largest absolute Gasteiger partial charge is 0.379 e. The second kappa shape index (κ2) is 6.12. The third-order valence-corrected chi connectivity index (χ3v) is 3.27. The molecular formula is C14H20FNO. The van der Waals surface area contributed by atoms with Crippen molar-refractivity contribution < 1.29 is 9.13 Å². The molecule has 1 saturated heterocycles. The van der Waals surface area contributed by atoms with Crippen LogP contribution in [-0.4, -0.2) is 37.7 Å². The first-order valence-corrected chi connectivity index (χ1v) is 6.31. The van der Waals surface area contributed by atoms with E-state index in [1.807, 2.05) is 19.1 Å². The van der Waals surface area contributed by atoms with Gasteiger partial charge in [0, 0.05) is 13.1 Å². The molecule has 1 heterocycles. The first-order chi connectivity index (χ1) is 8.25. The molecule has 1 aliphatic heterocycles. The Hall–Kier alpha value is -0.930. The van der Waals surface area contributed by atoms with Gasteiger partial charge < -0.3 is 4.74 Å². The van der Waals surface area contributed by atoms with Gasteiger partial charge in [0.1, 0.15) is 5.82 Å². The van der Waals surface area contributed by atoms with Crippen molar-refractivity contribution in [2.45, 2.75) is 19.8 Å². The number of ether oxygens (including phenoxy) is 1. The first kappa shape index (κ1) is 12.5. The van der Waals surface area contributed by atoms with Gasteiger partial charge in [-0.1, -0.05) is 12.1 Å². The lowest BCUT2D eigenvalue weighted by Gasteiger charge is -2.26. The molecule has 0 aliphatic carbocycles. The number of nitrogens with zero attached hydrogens (tertiary/aromatic N) is 1. The summed E-state index contributed by atoms with van der Waals surface area (Å²) in [7, 11) is 0. The molecule has 1 fully saturated rings. The molecule has 94 valence electrons. The smallest absolute Gasteiger partial charge is 0.126 e. The average Bonchev–Trinajstić information content (AvgIpc) is 2.35. The minimum Gasteiger partial charge on any atom is -0.379 e. The number of hydrogen-bond donors (Lipinski definition) is 0. The van der Waals surface area contributed by atoms with Crippen molar-refractivity contribution >= 4 is 0 Å². The molecule has 0 amide bonds. The SMILES string of the molecule is Cc1cc(CCCN2CCOCC2)ccc1F. The summed E-state index contributed by atoms with van der Waals surface area (Å²) < 4.78 is 18.4. The molecule has 3 heteroatoms. The zero-order valence-corrected chi connectivity index (χ0v) is 10.4. The Bertz CT molecular complexity index is 361. The van der Waals surface area contributed by atoms with Crippen molar-refractivity contribution in [1.82, 2.24) is 4.90 Å². The Morgan fingerprint density at radius 2 is 2.06 bits per heavy atom. The molecule has 17 heavy (non-hydrogen) atoms. The van der Waals surface area contributed by atoms with E-state index in [2.05, 4.69) is 4.90 Å². The van der Waals surface area contributed by atoms with Crippen molar-refractivity contribution in [2.75, 3.05) is 32.8 Å². The second-order valence-electron chi connectivity index (χ2n) is 4.64. The molecule has 1 aromatic carbocycles. The predicted octanol–water partition coefficient (Wildman–Crippen LogP) is 2.40. The van der Waals surface area contributed by atoms with Crippen LogP contribution in [0.1, 0.15) is 17.5 Å². The Kier molecular flexibility index (Phi) is 4.51. The average molecular weight is 237 g/mol. The van der Waals surface area contributed by atoms with Crippen molar-refractivity contribution in [3.8, 4) is 0 Å². The highest BCUT2D eigenvalue weighted by atomic mass is 19.1. The van der Waals surface area contributed by atoms with E-state index in [9.17, 15) is 4.39 Å². The van der Waals surface area contributed by atoms with Crippen LogP contribution in [0.3, 0.4) is 0 Å². The molecular weight excluding hydrogens is 217 g/mol. The monoisotopic (exact) mass is 237 g/mol. The van der Waals surface area contributed by atoms with Crippen LogP contribution < -0.4 is 0 Å². The topological polar surface area (TPSA) is 12.5 Å². The number of aryl methyl sites for hydroxylation is 2. The third-order valence-electron chi connectivity index (χ3n) is 3.27. The van der Waals surface area contributed by atoms with E-state index >= 15 is 0 Å². The van der Waals surface area contributed by atoms with Crippen LogP contribution in [0, 0.1) is 12.7 Å². The summed E-state index contributed by atoms with van der Waals surface area (Å²) in [6.07, 6.45) is 2.16. The van der Waals surface area contributed by atoms with Crippen LogP contribution in [0.5, 0.6) is 0 Å². The van der Waals surface area contributed by atoms with Crippen molar-refractivity contribution in [3.63, 3.8) is 0 Å². The molecule has 0 unspecified atom stereocenters. The molecule has 1 aromatic rings. The molecule has 2 nitrogen and oxygen atoms in total. The minimum atomic E-state index is -0.109. The summed E-state index contributed by atoms with van der Waals surface area (Å²) in [6, 6.07) is 5.41. The molecule has 0 saturated carbocycles. The summed E-state index contributed by atoms with van der Waals surface area (Å²) in [5.41, 5.74) is 1.98. The van der Waals surface area contributed by atoms with Crippen LogP contribution in [0.4, 0.5) is 4.39 Å². The van der Waals surface area contributed by atoms with Crippen LogP contribution in [-0.2, 0) is 11.2 Å². The highest BCUT2D eigenvalue weighted by Gasteiger charge is 2.09. The van der Waals surface area contributed by atoms with Crippen molar-refractivity contribution in [3.05, 3.63) is 35.1 Å². The summed E-state index contributed by atoms with van der Waals surface area (Å²) >= 11 is 0. The van der Waals surface area contributed by atoms with E-state index in [4.69, 9.17) is 4.74 Å². The van der Waals surface area contributed by atoms with E-state index in [1.165, 1.54) is 5.56 Å². The molecule has 0 atom stereocenters. The van der Waals surface area contributed by atoms with Gasteiger partial charge >= 0.3 is 0 Å². The molecule has 0 bridgehead atoms. The Balaban J connectivity index is 1.75. The number of morpholine rings is 1. The Morgan fingerprint density at radius 3 is 2.76 bits per heavy atom. The van der Waals surface area contributed by atoms with Crippen molar-refractivity contribution in [1.29, 1.82) is 0 Å². The highest BCUT2D eigenvalue weighted by molar-refractivity contribution is 5.23. The molecule has 0 aromatic heterocycles. The lowest BCUT2D eigenvalue weighted by Crippen LogP contribution is -2.36. The standard InChI is InChI=1S/C14H20FNO/c1-12-11-13(4-5-14(12)15)3-2-6-16-7-9-17-10-8-16/h4-5,11H,2-3,6-10H2,1H3. The molecule has 1 aliphatic rings. The van der Waals surface area contributed by atoms with Gasteiger partial charge in [-0.05, 0) is 43.5 Å². The summed E-state index contributed by atoms with van der Waals surface area (Å²) in [5, 5.41) is 0. The van der Waals surface area contributed by atoms with Gasteiger partial charge in [-0.25, -0.2) is 4.39 Å².